The molecule has 2 unspecified atom stereocenters. The third-order valence-electron chi connectivity index (χ3n) is 3.79. The number of benzene rings is 1. The summed E-state index contributed by atoms with van der Waals surface area (Å²) >= 11 is 0. The van der Waals surface area contributed by atoms with Crippen LogP contribution in [-0.4, -0.2) is 21.7 Å². The van der Waals surface area contributed by atoms with Crippen LogP contribution in [-0.2, 0) is 6.42 Å². The number of fused-ring (bicyclic) bond motifs is 1. The Kier molecular flexibility index (Phi) is 2.80. The minimum atomic E-state index is -0.658. The number of hydrogen-bond acceptors (Lipinski definition) is 3. The standard InChI is InChI=1S/C15H18N2O/c16-12-7-8-15(18,9-12)10-13-6-5-11-3-1-2-4-14(11)17-13/h1-6,12,18H,7-10,16H2. The Morgan fingerprint density at radius 1 is 1.28 bits per heavy atom. The Bertz CT molecular complexity index is 569. The summed E-state index contributed by atoms with van der Waals surface area (Å²) in [6, 6.07) is 12.2. The number of hydrogen-bond donors (Lipinski definition) is 2. The van der Waals surface area contributed by atoms with E-state index in [1.54, 1.807) is 0 Å². The number of pyridine rings is 1. The van der Waals surface area contributed by atoms with Gasteiger partial charge in [-0.15, -0.1) is 0 Å². The first kappa shape index (κ1) is 11.6. The monoisotopic (exact) mass is 242 g/mol. The topological polar surface area (TPSA) is 59.1 Å². The van der Waals surface area contributed by atoms with E-state index in [9.17, 15) is 5.11 Å². The zero-order valence-electron chi connectivity index (χ0n) is 10.3. The van der Waals surface area contributed by atoms with Crippen molar-refractivity contribution in [3.63, 3.8) is 0 Å². The molecule has 2 atom stereocenters. The highest BCUT2D eigenvalue weighted by molar-refractivity contribution is 5.78. The van der Waals surface area contributed by atoms with Crippen LogP contribution in [0.4, 0.5) is 0 Å². The summed E-state index contributed by atoms with van der Waals surface area (Å²) in [7, 11) is 0. The molecule has 0 amide bonds. The molecule has 94 valence electrons. The predicted molar refractivity (Wildman–Crippen MR) is 72.2 cm³/mol. The van der Waals surface area contributed by atoms with E-state index in [1.807, 2.05) is 30.3 Å². The van der Waals surface area contributed by atoms with E-state index >= 15 is 0 Å². The summed E-state index contributed by atoms with van der Waals surface area (Å²) in [6.07, 6.45) is 2.97. The fraction of sp³-hybridized carbons (Fsp3) is 0.400. The maximum absolute atomic E-state index is 10.5. The van der Waals surface area contributed by atoms with Gasteiger partial charge in [0.05, 0.1) is 11.1 Å². The number of para-hydroxylation sites is 1. The van der Waals surface area contributed by atoms with Crippen molar-refractivity contribution in [2.45, 2.75) is 37.3 Å². The van der Waals surface area contributed by atoms with Crippen molar-refractivity contribution in [1.29, 1.82) is 0 Å². The summed E-state index contributed by atoms with van der Waals surface area (Å²) in [5.41, 5.74) is 7.15. The lowest BCUT2D eigenvalue weighted by Gasteiger charge is -2.22. The van der Waals surface area contributed by atoms with Gasteiger partial charge in [-0.25, -0.2) is 0 Å². The molecule has 1 fully saturated rings. The maximum Gasteiger partial charge on any atom is 0.0718 e. The summed E-state index contributed by atoms with van der Waals surface area (Å²) in [4.78, 5) is 4.61. The Morgan fingerprint density at radius 2 is 2.11 bits per heavy atom. The van der Waals surface area contributed by atoms with Crippen LogP contribution in [0.2, 0.25) is 0 Å². The fourth-order valence-corrected chi connectivity index (χ4v) is 2.85. The fourth-order valence-electron chi connectivity index (χ4n) is 2.85. The normalized spacial score (nSPS) is 27.8. The summed E-state index contributed by atoms with van der Waals surface area (Å²) < 4.78 is 0. The largest absolute Gasteiger partial charge is 0.389 e. The van der Waals surface area contributed by atoms with Gasteiger partial charge in [0, 0.05) is 23.5 Å². The van der Waals surface area contributed by atoms with Crippen LogP contribution in [0, 0.1) is 0 Å². The van der Waals surface area contributed by atoms with Gasteiger partial charge in [0.2, 0.25) is 0 Å². The van der Waals surface area contributed by atoms with Crippen molar-refractivity contribution >= 4 is 10.9 Å². The average molecular weight is 242 g/mol. The van der Waals surface area contributed by atoms with Crippen LogP contribution >= 0.6 is 0 Å². The lowest BCUT2D eigenvalue weighted by molar-refractivity contribution is 0.0460. The molecule has 0 saturated heterocycles. The second-order valence-electron chi connectivity index (χ2n) is 5.40. The van der Waals surface area contributed by atoms with Gasteiger partial charge in [-0.2, -0.15) is 0 Å². The molecule has 1 aromatic carbocycles. The number of nitrogens with zero attached hydrogens (tertiary/aromatic N) is 1. The molecular weight excluding hydrogens is 224 g/mol. The smallest absolute Gasteiger partial charge is 0.0718 e. The van der Waals surface area contributed by atoms with Crippen LogP contribution in [0.3, 0.4) is 0 Å². The van der Waals surface area contributed by atoms with E-state index in [0.717, 1.165) is 29.4 Å². The minimum absolute atomic E-state index is 0.135. The van der Waals surface area contributed by atoms with Gasteiger partial charge in [-0.05, 0) is 31.4 Å². The van der Waals surface area contributed by atoms with Crippen molar-refractivity contribution < 1.29 is 5.11 Å². The molecule has 2 aromatic rings. The molecule has 3 N–H and O–H groups in total. The van der Waals surface area contributed by atoms with Crippen molar-refractivity contribution in [1.82, 2.24) is 4.98 Å². The van der Waals surface area contributed by atoms with Crippen LogP contribution < -0.4 is 5.73 Å². The minimum Gasteiger partial charge on any atom is -0.389 e. The average Bonchev–Trinajstić information content (AvgIpc) is 2.69. The highest BCUT2D eigenvalue weighted by Crippen LogP contribution is 2.31. The second kappa shape index (κ2) is 4.34. The third kappa shape index (κ3) is 2.24. The van der Waals surface area contributed by atoms with E-state index in [1.165, 1.54) is 0 Å². The molecule has 0 radical (unpaired) electrons. The van der Waals surface area contributed by atoms with Crippen LogP contribution in [0.1, 0.15) is 25.0 Å². The maximum atomic E-state index is 10.5. The van der Waals surface area contributed by atoms with Crippen LogP contribution in [0.15, 0.2) is 36.4 Å². The highest BCUT2D eigenvalue weighted by Gasteiger charge is 2.36. The lowest BCUT2D eigenvalue weighted by atomic mass is 9.95. The summed E-state index contributed by atoms with van der Waals surface area (Å²) in [6.45, 7) is 0. The van der Waals surface area contributed by atoms with Crippen molar-refractivity contribution in [3.8, 4) is 0 Å². The molecular formula is C15H18N2O. The van der Waals surface area contributed by atoms with E-state index in [-0.39, 0.29) is 6.04 Å². The van der Waals surface area contributed by atoms with E-state index in [0.29, 0.717) is 12.8 Å². The van der Waals surface area contributed by atoms with Crippen molar-refractivity contribution in [2.75, 3.05) is 0 Å². The molecule has 1 saturated carbocycles. The van der Waals surface area contributed by atoms with Crippen molar-refractivity contribution in [3.05, 3.63) is 42.1 Å². The van der Waals surface area contributed by atoms with Crippen molar-refractivity contribution in [2.24, 2.45) is 5.73 Å². The molecule has 0 bridgehead atoms. The molecule has 1 aliphatic carbocycles. The SMILES string of the molecule is NC1CCC(O)(Cc2ccc3ccccc3n2)C1. The number of aliphatic hydroxyl groups is 1. The van der Waals surface area contributed by atoms with E-state index in [2.05, 4.69) is 11.1 Å². The molecule has 0 aliphatic heterocycles. The molecule has 18 heavy (non-hydrogen) atoms. The van der Waals surface area contributed by atoms with Crippen LogP contribution in [0.25, 0.3) is 10.9 Å². The summed E-state index contributed by atoms with van der Waals surface area (Å²) in [5.74, 6) is 0. The Morgan fingerprint density at radius 3 is 2.89 bits per heavy atom. The first-order valence-electron chi connectivity index (χ1n) is 6.47. The van der Waals surface area contributed by atoms with Gasteiger partial charge in [0.25, 0.3) is 0 Å². The molecule has 3 nitrogen and oxygen atoms in total. The number of aromatic nitrogens is 1. The van der Waals surface area contributed by atoms with Gasteiger partial charge in [0.1, 0.15) is 0 Å². The molecule has 3 rings (SSSR count). The van der Waals surface area contributed by atoms with Crippen LogP contribution in [0.5, 0.6) is 0 Å². The first-order chi connectivity index (χ1) is 8.65. The molecule has 3 heteroatoms. The first-order valence-corrected chi connectivity index (χ1v) is 6.47. The van der Waals surface area contributed by atoms with Gasteiger partial charge >= 0.3 is 0 Å². The van der Waals surface area contributed by atoms with Gasteiger partial charge in [0.15, 0.2) is 0 Å². The van der Waals surface area contributed by atoms with Gasteiger partial charge < -0.3 is 10.8 Å². The van der Waals surface area contributed by atoms with E-state index < -0.39 is 5.60 Å². The Labute approximate surface area is 107 Å². The summed E-state index contributed by atoms with van der Waals surface area (Å²) in [5, 5.41) is 11.6. The number of nitrogens with two attached hydrogens (primary N) is 1. The molecule has 1 aliphatic rings. The lowest BCUT2D eigenvalue weighted by Crippen LogP contribution is -2.30. The molecule has 1 heterocycles. The Balaban J connectivity index is 1.86. The van der Waals surface area contributed by atoms with Gasteiger partial charge in [-0.3, -0.25) is 4.98 Å². The van der Waals surface area contributed by atoms with Gasteiger partial charge in [-0.1, -0.05) is 24.3 Å². The third-order valence-corrected chi connectivity index (χ3v) is 3.79. The second-order valence-corrected chi connectivity index (χ2v) is 5.40. The van der Waals surface area contributed by atoms with E-state index in [4.69, 9.17) is 5.73 Å². The molecule has 1 aromatic heterocycles. The predicted octanol–water partition coefficient (Wildman–Crippen LogP) is 2.02. The molecule has 0 spiro atoms. The highest BCUT2D eigenvalue weighted by atomic mass is 16.3. The quantitative estimate of drug-likeness (QED) is 0.847. The Hall–Kier alpha value is -1.45. The zero-order chi connectivity index (χ0) is 12.6. The zero-order valence-corrected chi connectivity index (χ0v) is 10.3. The number of rotatable bonds is 2.